The fourth-order valence-electron chi connectivity index (χ4n) is 3.00. The molecule has 8 heteroatoms. The zero-order chi connectivity index (χ0) is 16.4. The van der Waals surface area contributed by atoms with E-state index in [1.165, 1.54) is 0 Å². The van der Waals surface area contributed by atoms with Crippen LogP contribution in [0, 0.1) is 0 Å². The van der Waals surface area contributed by atoms with E-state index in [9.17, 15) is 9.90 Å². The maximum atomic E-state index is 11.7. The van der Waals surface area contributed by atoms with Crippen molar-refractivity contribution in [3.8, 4) is 0 Å². The van der Waals surface area contributed by atoms with E-state index in [1.807, 2.05) is 6.07 Å². The normalized spacial score (nSPS) is 24.3. The number of rotatable bonds is 3. The van der Waals surface area contributed by atoms with Crippen LogP contribution in [0.4, 0.5) is 16.6 Å². The zero-order valence-corrected chi connectivity index (χ0v) is 13.3. The van der Waals surface area contributed by atoms with Crippen LogP contribution < -0.4 is 10.6 Å². The average Bonchev–Trinajstić information content (AvgIpc) is 2.51. The van der Waals surface area contributed by atoms with Gasteiger partial charge in [-0.05, 0) is 19.8 Å². The molecule has 1 saturated heterocycles. The fraction of sp³-hybridized carbons (Fsp3) is 0.667. The lowest BCUT2D eigenvalue weighted by molar-refractivity contribution is 0.0732. The summed E-state index contributed by atoms with van der Waals surface area (Å²) in [5.41, 5.74) is 6.73. The van der Waals surface area contributed by atoms with Crippen molar-refractivity contribution in [2.45, 2.75) is 31.8 Å². The van der Waals surface area contributed by atoms with Crippen LogP contribution in [0.5, 0.6) is 0 Å². The van der Waals surface area contributed by atoms with Crippen LogP contribution in [0.25, 0.3) is 0 Å². The molecule has 8 nitrogen and oxygen atoms in total. The Hall–Kier alpha value is -2.09. The SMILES string of the molecule is CCOC(=O)N1CCN(c2cc(C3CC(O)C3)nc(N)n2)CC1. The summed E-state index contributed by atoms with van der Waals surface area (Å²) >= 11 is 0. The smallest absolute Gasteiger partial charge is 0.409 e. The van der Waals surface area contributed by atoms with Crippen molar-refractivity contribution in [3.63, 3.8) is 0 Å². The minimum Gasteiger partial charge on any atom is -0.450 e. The van der Waals surface area contributed by atoms with Gasteiger partial charge in [-0.1, -0.05) is 0 Å². The highest BCUT2D eigenvalue weighted by molar-refractivity contribution is 5.68. The third kappa shape index (κ3) is 3.47. The summed E-state index contributed by atoms with van der Waals surface area (Å²) in [5.74, 6) is 1.30. The summed E-state index contributed by atoms with van der Waals surface area (Å²) in [7, 11) is 0. The number of carbonyl (C=O) groups is 1. The third-order valence-electron chi connectivity index (χ3n) is 4.41. The van der Waals surface area contributed by atoms with Crippen molar-refractivity contribution in [2.24, 2.45) is 0 Å². The van der Waals surface area contributed by atoms with Gasteiger partial charge < -0.3 is 25.4 Å². The molecule has 0 spiro atoms. The van der Waals surface area contributed by atoms with Crippen molar-refractivity contribution in [1.82, 2.24) is 14.9 Å². The molecule has 0 bridgehead atoms. The van der Waals surface area contributed by atoms with Gasteiger partial charge in [-0.25, -0.2) is 9.78 Å². The molecule has 2 aliphatic rings. The van der Waals surface area contributed by atoms with E-state index in [-0.39, 0.29) is 24.1 Å². The maximum absolute atomic E-state index is 11.7. The number of hydrogen-bond acceptors (Lipinski definition) is 7. The average molecular weight is 321 g/mol. The van der Waals surface area contributed by atoms with Crippen molar-refractivity contribution < 1.29 is 14.6 Å². The van der Waals surface area contributed by atoms with E-state index in [0.717, 1.165) is 24.4 Å². The number of ether oxygens (including phenoxy) is 1. The summed E-state index contributed by atoms with van der Waals surface area (Å²) in [6, 6.07) is 1.95. The van der Waals surface area contributed by atoms with Crippen molar-refractivity contribution in [2.75, 3.05) is 43.4 Å². The Bertz CT molecular complexity index is 568. The van der Waals surface area contributed by atoms with Crippen LogP contribution in [-0.2, 0) is 4.74 Å². The number of carbonyl (C=O) groups excluding carboxylic acids is 1. The van der Waals surface area contributed by atoms with Gasteiger partial charge in [-0.15, -0.1) is 0 Å². The molecular weight excluding hydrogens is 298 g/mol. The number of amides is 1. The molecule has 1 aromatic rings. The molecule has 23 heavy (non-hydrogen) atoms. The topological polar surface area (TPSA) is 105 Å². The van der Waals surface area contributed by atoms with Gasteiger partial charge in [-0.3, -0.25) is 0 Å². The third-order valence-corrected chi connectivity index (χ3v) is 4.41. The number of aliphatic hydroxyl groups is 1. The van der Waals surface area contributed by atoms with E-state index >= 15 is 0 Å². The van der Waals surface area contributed by atoms with E-state index in [0.29, 0.717) is 32.8 Å². The second-order valence-corrected chi connectivity index (χ2v) is 6.00. The lowest BCUT2D eigenvalue weighted by Crippen LogP contribution is -2.49. The molecule has 126 valence electrons. The molecule has 0 unspecified atom stereocenters. The molecule has 3 rings (SSSR count). The molecule has 1 aliphatic heterocycles. The number of piperazine rings is 1. The number of aliphatic hydroxyl groups excluding tert-OH is 1. The second-order valence-electron chi connectivity index (χ2n) is 6.00. The van der Waals surface area contributed by atoms with Crippen LogP contribution in [0.1, 0.15) is 31.4 Å². The molecule has 2 fully saturated rings. The number of anilines is 2. The first-order valence-corrected chi connectivity index (χ1v) is 8.06. The van der Waals surface area contributed by atoms with Crippen molar-refractivity contribution in [1.29, 1.82) is 0 Å². The van der Waals surface area contributed by atoms with Gasteiger partial charge in [0.15, 0.2) is 0 Å². The summed E-state index contributed by atoms with van der Waals surface area (Å²) < 4.78 is 5.02. The van der Waals surface area contributed by atoms with Crippen molar-refractivity contribution in [3.05, 3.63) is 11.8 Å². The minimum absolute atomic E-state index is 0.229. The van der Waals surface area contributed by atoms with E-state index in [2.05, 4.69) is 14.9 Å². The quantitative estimate of drug-likeness (QED) is 0.838. The largest absolute Gasteiger partial charge is 0.450 e. The first kappa shape index (κ1) is 15.8. The summed E-state index contributed by atoms with van der Waals surface area (Å²) in [6.45, 7) is 4.75. The molecule has 0 aromatic carbocycles. The first-order valence-electron chi connectivity index (χ1n) is 8.06. The molecule has 1 aliphatic carbocycles. The molecule has 2 heterocycles. The van der Waals surface area contributed by atoms with Gasteiger partial charge in [0.05, 0.1) is 18.4 Å². The standard InChI is InChI=1S/C15H23N5O3/c1-2-23-15(22)20-5-3-19(4-6-20)13-9-12(17-14(16)18-13)10-7-11(21)8-10/h9-11,21H,2-8H2,1H3,(H2,16,17,18). The lowest BCUT2D eigenvalue weighted by atomic mass is 9.80. The Labute approximate surface area is 135 Å². The Morgan fingerprint density at radius 1 is 1.35 bits per heavy atom. The number of nitrogen functional groups attached to an aromatic ring is 1. The summed E-state index contributed by atoms with van der Waals surface area (Å²) in [5, 5.41) is 9.46. The van der Waals surface area contributed by atoms with Crippen LogP contribution >= 0.6 is 0 Å². The van der Waals surface area contributed by atoms with Crippen LogP contribution in [0.2, 0.25) is 0 Å². The summed E-state index contributed by atoms with van der Waals surface area (Å²) in [4.78, 5) is 24.2. The summed E-state index contributed by atoms with van der Waals surface area (Å²) in [6.07, 6.45) is 0.963. The first-order chi connectivity index (χ1) is 11.1. The lowest BCUT2D eigenvalue weighted by Gasteiger charge is -2.35. The van der Waals surface area contributed by atoms with Gasteiger partial charge >= 0.3 is 6.09 Å². The van der Waals surface area contributed by atoms with Gasteiger partial charge in [-0.2, -0.15) is 4.98 Å². The van der Waals surface area contributed by atoms with E-state index in [1.54, 1.807) is 11.8 Å². The van der Waals surface area contributed by atoms with E-state index in [4.69, 9.17) is 10.5 Å². The van der Waals surface area contributed by atoms with Crippen molar-refractivity contribution >= 4 is 17.9 Å². The van der Waals surface area contributed by atoms with Gasteiger partial charge in [0.25, 0.3) is 0 Å². The zero-order valence-electron chi connectivity index (χ0n) is 13.3. The maximum Gasteiger partial charge on any atom is 0.409 e. The predicted molar refractivity (Wildman–Crippen MR) is 85.2 cm³/mol. The Balaban J connectivity index is 1.65. The highest BCUT2D eigenvalue weighted by atomic mass is 16.6. The monoisotopic (exact) mass is 321 g/mol. The molecule has 3 N–H and O–H groups in total. The van der Waals surface area contributed by atoms with Crippen LogP contribution in [0.3, 0.4) is 0 Å². The van der Waals surface area contributed by atoms with E-state index < -0.39 is 0 Å². The van der Waals surface area contributed by atoms with Gasteiger partial charge in [0.2, 0.25) is 5.95 Å². The predicted octanol–water partition coefficient (Wildman–Crippen LogP) is 0.576. The number of hydrogen-bond donors (Lipinski definition) is 2. The highest BCUT2D eigenvalue weighted by Crippen LogP contribution is 2.37. The molecule has 1 amide bonds. The van der Waals surface area contributed by atoms with Gasteiger partial charge in [0.1, 0.15) is 5.82 Å². The molecular formula is C15H23N5O3. The fourth-order valence-corrected chi connectivity index (χ4v) is 3.00. The number of aromatic nitrogens is 2. The molecule has 1 saturated carbocycles. The van der Waals surface area contributed by atoms with Crippen LogP contribution in [0.15, 0.2) is 6.07 Å². The Morgan fingerprint density at radius 3 is 2.65 bits per heavy atom. The molecule has 0 atom stereocenters. The molecule has 1 aromatic heterocycles. The highest BCUT2D eigenvalue weighted by Gasteiger charge is 2.31. The number of nitrogens with zero attached hydrogens (tertiary/aromatic N) is 4. The Kier molecular flexibility index (Phi) is 4.51. The minimum atomic E-state index is -0.265. The number of nitrogens with two attached hydrogens (primary N) is 1. The van der Waals surface area contributed by atoms with Gasteiger partial charge in [0, 0.05) is 38.2 Å². The Morgan fingerprint density at radius 2 is 2.04 bits per heavy atom. The molecule has 0 radical (unpaired) electrons. The van der Waals surface area contributed by atoms with Crippen LogP contribution in [-0.4, -0.2) is 65.0 Å². The second kappa shape index (κ2) is 6.57.